The molecule has 0 amide bonds. The molecule has 0 aliphatic rings. The summed E-state index contributed by atoms with van der Waals surface area (Å²) in [6.07, 6.45) is -3.58. The van der Waals surface area contributed by atoms with Crippen molar-refractivity contribution in [3.8, 4) is 0 Å². The first-order valence-corrected chi connectivity index (χ1v) is 7.14. The molecule has 5 heteroatoms. The van der Waals surface area contributed by atoms with Crippen LogP contribution in [0.15, 0.2) is 22.7 Å². The van der Waals surface area contributed by atoms with Gasteiger partial charge in [0.25, 0.3) is 0 Å². The van der Waals surface area contributed by atoms with Crippen molar-refractivity contribution in [1.82, 2.24) is 5.32 Å². The molecule has 0 aliphatic heterocycles. The van der Waals surface area contributed by atoms with E-state index in [9.17, 15) is 13.2 Å². The van der Waals surface area contributed by atoms with E-state index in [1.165, 1.54) is 0 Å². The molecule has 0 spiro atoms. The van der Waals surface area contributed by atoms with Crippen molar-refractivity contribution in [2.24, 2.45) is 5.92 Å². The highest BCUT2D eigenvalue weighted by atomic mass is 79.9. The third kappa shape index (κ3) is 4.80. The van der Waals surface area contributed by atoms with Gasteiger partial charge in [0.1, 0.15) is 0 Å². The molecule has 19 heavy (non-hydrogen) atoms. The van der Waals surface area contributed by atoms with Gasteiger partial charge >= 0.3 is 6.18 Å². The molecule has 0 fully saturated rings. The van der Waals surface area contributed by atoms with Crippen LogP contribution in [0, 0.1) is 5.92 Å². The smallest absolute Gasteiger partial charge is 0.314 e. The number of benzene rings is 1. The monoisotopic (exact) mass is 337 g/mol. The zero-order valence-corrected chi connectivity index (χ0v) is 12.9. The van der Waals surface area contributed by atoms with Crippen LogP contribution in [0.25, 0.3) is 0 Å². The number of alkyl halides is 3. The van der Waals surface area contributed by atoms with E-state index in [0.717, 1.165) is 24.2 Å². The van der Waals surface area contributed by atoms with Gasteiger partial charge in [-0.2, -0.15) is 13.2 Å². The Bertz CT molecular complexity index is 416. The van der Waals surface area contributed by atoms with E-state index in [0.29, 0.717) is 16.8 Å². The van der Waals surface area contributed by atoms with Crippen molar-refractivity contribution in [1.29, 1.82) is 0 Å². The maximum atomic E-state index is 12.6. The van der Waals surface area contributed by atoms with Crippen LogP contribution in [-0.4, -0.2) is 12.6 Å². The van der Waals surface area contributed by atoms with E-state index >= 15 is 0 Å². The first-order valence-electron chi connectivity index (χ1n) is 6.34. The standard InChI is InChI=1S/C14H19BrF3N/c1-4-19-13(9(2)3)7-10-5-6-11(8-12(10)15)14(16,17)18/h5-6,8-9,13,19H,4,7H2,1-3H3. The summed E-state index contributed by atoms with van der Waals surface area (Å²) in [5, 5.41) is 3.36. The summed E-state index contributed by atoms with van der Waals surface area (Å²) in [5.74, 6) is 0.425. The molecule has 0 aromatic heterocycles. The largest absolute Gasteiger partial charge is 0.416 e. The average Bonchev–Trinajstić information content (AvgIpc) is 2.29. The zero-order valence-electron chi connectivity index (χ0n) is 11.3. The molecular formula is C14H19BrF3N. The van der Waals surface area contributed by atoms with E-state index in [1.54, 1.807) is 6.07 Å². The fourth-order valence-electron chi connectivity index (χ4n) is 1.93. The number of nitrogens with one attached hydrogen (secondary N) is 1. The molecule has 1 nitrogen and oxygen atoms in total. The fourth-order valence-corrected chi connectivity index (χ4v) is 2.47. The van der Waals surface area contributed by atoms with Gasteiger partial charge in [-0.3, -0.25) is 0 Å². The summed E-state index contributed by atoms with van der Waals surface area (Å²) >= 11 is 3.24. The molecule has 0 bridgehead atoms. The van der Waals surface area contributed by atoms with Gasteiger partial charge in [-0.1, -0.05) is 42.8 Å². The van der Waals surface area contributed by atoms with Gasteiger partial charge < -0.3 is 5.32 Å². The quantitative estimate of drug-likeness (QED) is 0.824. The van der Waals surface area contributed by atoms with Crippen LogP contribution in [0.2, 0.25) is 0 Å². The number of hydrogen-bond acceptors (Lipinski definition) is 1. The summed E-state index contributed by atoms with van der Waals surface area (Å²) in [4.78, 5) is 0. The first kappa shape index (κ1) is 16.5. The second-order valence-corrected chi connectivity index (χ2v) is 5.77. The lowest BCUT2D eigenvalue weighted by molar-refractivity contribution is -0.137. The molecule has 0 saturated carbocycles. The lowest BCUT2D eigenvalue weighted by Gasteiger charge is -2.22. The highest BCUT2D eigenvalue weighted by molar-refractivity contribution is 9.10. The number of halogens is 4. The van der Waals surface area contributed by atoms with Gasteiger partial charge in [0.15, 0.2) is 0 Å². The predicted octanol–water partition coefficient (Wildman–Crippen LogP) is 4.64. The Morgan fingerprint density at radius 1 is 1.26 bits per heavy atom. The van der Waals surface area contributed by atoms with E-state index in [-0.39, 0.29) is 6.04 Å². The molecule has 1 N–H and O–H groups in total. The topological polar surface area (TPSA) is 12.0 Å². The molecule has 1 unspecified atom stereocenters. The molecule has 0 heterocycles. The van der Waals surface area contributed by atoms with Crippen molar-refractivity contribution in [3.05, 3.63) is 33.8 Å². The normalized spacial score (nSPS) is 13.9. The molecular weight excluding hydrogens is 319 g/mol. The third-order valence-corrected chi connectivity index (χ3v) is 3.83. The Labute approximate surface area is 120 Å². The second-order valence-electron chi connectivity index (χ2n) is 4.92. The minimum Gasteiger partial charge on any atom is -0.314 e. The van der Waals surface area contributed by atoms with Crippen LogP contribution in [0.4, 0.5) is 13.2 Å². The van der Waals surface area contributed by atoms with Gasteiger partial charge in [-0.05, 0) is 36.6 Å². The van der Waals surface area contributed by atoms with Crippen molar-refractivity contribution >= 4 is 15.9 Å². The summed E-state index contributed by atoms with van der Waals surface area (Å²) in [6.45, 7) is 7.08. The van der Waals surface area contributed by atoms with E-state index < -0.39 is 11.7 Å². The maximum Gasteiger partial charge on any atom is 0.416 e. The van der Waals surface area contributed by atoms with Crippen LogP contribution in [-0.2, 0) is 12.6 Å². The van der Waals surface area contributed by atoms with Crippen molar-refractivity contribution in [3.63, 3.8) is 0 Å². The van der Waals surface area contributed by atoms with Crippen LogP contribution in [0.5, 0.6) is 0 Å². The highest BCUT2D eigenvalue weighted by Gasteiger charge is 2.30. The Morgan fingerprint density at radius 2 is 1.89 bits per heavy atom. The Kier molecular flexibility index (Phi) is 5.86. The van der Waals surface area contributed by atoms with Gasteiger partial charge in [0.2, 0.25) is 0 Å². The van der Waals surface area contributed by atoms with Crippen LogP contribution < -0.4 is 5.32 Å². The summed E-state index contributed by atoms with van der Waals surface area (Å²) in [6, 6.07) is 4.11. The average molecular weight is 338 g/mol. The second kappa shape index (κ2) is 6.75. The highest BCUT2D eigenvalue weighted by Crippen LogP contribution is 2.32. The predicted molar refractivity (Wildman–Crippen MR) is 75.2 cm³/mol. The minimum absolute atomic E-state index is 0.262. The van der Waals surface area contributed by atoms with E-state index in [4.69, 9.17) is 0 Å². The SMILES string of the molecule is CCNC(Cc1ccc(C(F)(F)F)cc1Br)C(C)C. The Morgan fingerprint density at radius 3 is 2.32 bits per heavy atom. The van der Waals surface area contributed by atoms with Crippen molar-refractivity contribution in [2.45, 2.75) is 39.4 Å². The van der Waals surface area contributed by atoms with Gasteiger partial charge in [0, 0.05) is 10.5 Å². The number of rotatable bonds is 5. The lowest BCUT2D eigenvalue weighted by atomic mass is 9.96. The van der Waals surface area contributed by atoms with Crippen molar-refractivity contribution in [2.75, 3.05) is 6.54 Å². The van der Waals surface area contributed by atoms with E-state index in [2.05, 4.69) is 35.1 Å². The number of likely N-dealkylation sites (N-methyl/N-ethyl adjacent to an activating group) is 1. The van der Waals surface area contributed by atoms with E-state index in [1.807, 2.05) is 6.92 Å². The van der Waals surface area contributed by atoms with Crippen molar-refractivity contribution < 1.29 is 13.2 Å². The third-order valence-electron chi connectivity index (χ3n) is 3.09. The summed E-state index contributed by atoms with van der Waals surface area (Å²) < 4.78 is 38.3. The molecule has 108 valence electrons. The zero-order chi connectivity index (χ0) is 14.6. The molecule has 0 aliphatic carbocycles. The molecule has 0 radical (unpaired) electrons. The van der Waals surface area contributed by atoms with Crippen LogP contribution in [0.1, 0.15) is 31.9 Å². The maximum absolute atomic E-state index is 12.6. The van der Waals surface area contributed by atoms with Gasteiger partial charge in [-0.25, -0.2) is 0 Å². The lowest BCUT2D eigenvalue weighted by Crippen LogP contribution is -2.35. The number of hydrogen-bond donors (Lipinski definition) is 1. The van der Waals surface area contributed by atoms with Crippen LogP contribution in [0.3, 0.4) is 0 Å². The Hall–Kier alpha value is -0.550. The fraction of sp³-hybridized carbons (Fsp3) is 0.571. The molecule has 1 atom stereocenters. The van der Waals surface area contributed by atoms with Crippen LogP contribution >= 0.6 is 15.9 Å². The summed E-state index contributed by atoms with van der Waals surface area (Å²) in [7, 11) is 0. The minimum atomic E-state index is -4.29. The summed E-state index contributed by atoms with van der Waals surface area (Å²) in [5.41, 5.74) is 0.278. The van der Waals surface area contributed by atoms with Gasteiger partial charge in [0.05, 0.1) is 5.56 Å². The molecule has 1 aromatic carbocycles. The molecule has 0 saturated heterocycles. The van der Waals surface area contributed by atoms with Gasteiger partial charge in [-0.15, -0.1) is 0 Å². The first-order chi connectivity index (χ1) is 8.75. The molecule has 1 aromatic rings. The Balaban J connectivity index is 2.90. The molecule has 1 rings (SSSR count).